The molecule has 0 aliphatic heterocycles. The summed E-state index contributed by atoms with van der Waals surface area (Å²) in [4.78, 5) is 71.5. The number of carbonyl (C=O) groups excluding carboxylic acids is 6. The van der Waals surface area contributed by atoms with E-state index in [1.807, 2.05) is 13.8 Å². The van der Waals surface area contributed by atoms with Crippen LogP contribution in [0.5, 0.6) is 0 Å². The standard InChI is InChI=1S/C26H42O12/c1-7-9-15-33-23(29)17(3)37-25(31)19(5)35-21(27)13-11-12-14-22(28)36-20(6)26(32)38-18(4)24(30)34-16-10-8-2/h17-20H,7-16H2,1-6H3/t17-,18-,19-,20-/m0/s1. The van der Waals surface area contributed by atoms with E-state index in [0.717, 1.165) is 12.8 Å². The molecule has 0 rings (SSSR count). The van der Waals surface area contributed by atoms with Crippen molar-refractivity contribution in [1.82, 2.24) is 0 Å². The van der Waals surface area contributed by atoms with Crippen molar-refractivity contribution in [3.8, 4) is 0 Å². The van der Waals surface area contributed by atoms with Gasteiger partial charge in [-0.3, -0.25) is 9.59 Å². The summed E-state index contributed by atoms with van der Waals surface area (Å²) in [5.74, 6) is -4.49. The Hall–Kier alpha value is -3.18. The van der Waals surface area contributed by atoms with Crippen LogP contribution in [-0.4, -0.2) is 73.4 Å². The van der Waals surface area contributed by atoms with Crippen molar-refractivity contribution in [2.45, 2.75) is 117 Å². The van der Waals surface area contributed by atoms with Crippen LogP contribution in [0.3, 0.4) is 0 Å². The van der Waals surface area contributed by atoms with Gasteiger partial charge in [-0.15, -0.1) is 0 Å². The summed E-state index contributed by atoms with van der Waals surface area (Å²) >= 11 is 0. The molecule has 0 aromatic carbocycles. The molecule has 0 fully saturated rings. The van der Waals surface area contributed by atoms with Crippen molar-refractivity contribution in [1.29, 1.82) is 0 Å². The summed E-state index contributed by atoms with van der Waals surface area (Å²) in [6.45, 7) is 9.71. The van der Waals surface area contributed by atoms with E-state index < -0.39 is 60.2 Å². The van der Waals surface area contributed by atoms with Crippen LogP contribution in [0.2, 0.25) is 0 Å². The lowest BCUT2D eigenvalue weighted by molar-refractivity contribution is -0.177. The number of unbranched alkanes of at least 4 members (excludes halogenated alkanes) is 3. The summed E-state index contributed by atoms with van der Waals surface area (Å²) in [6.07, 6.45) is -1.26. The van der Waals surface area contributed by atoms with Gasteiger partial charge in [0.25, 0.3) is 0 Å². The van der Waals surface area contributed by atoms with E-state index in [9.17, 15) is 28.8 Å². The Morgan fingerprint density at radius 3 is 1.11 bits per heavy atom. The van der Waals surface area contributed by atoms with Crippen molar-refractivity contribution >= 4 is 35.8 Å². The molecule has 0 aromatic rings. The summed E-state index contributed by atoms with van der Waals surface area (Å²) in [5, 5.41) is 0. The lowest BCUT2D eigenvalue weighted by Crippen LogP contribution is -2.33. The Morgan fingerprint density at radius 2 is 0.789 bits per heavy atom. The minimum Gasteiger partial charge on any atom is -0.463 e. The van der Waals surface area contributed by atoms with Crippen molar-refractivity contribution in [3.05, 3.63) is 0 Å². The molecule has 0 amide bonds. The van der Waals surface area contributed by atoms with Crippen LogP contribution >= 0.6 is 0 Å². The highest BCUT2D eigenvalue weighted by Gasteiger charge is 2.27. The lowest BCUT2D eigenvalue weighted by Gasteiger charge is -2.17. The Balaban J connectivity index is 4.21. The van der Waals surface area contributed by atoms with Crippen LogP contribution in [0.1, 0.15) is 92.9 Å². The monoisotopic (exact) mass is 546 g/mol. The lowest BCUT2D eigenvalue weighted by atomic mass is 10.2. The summed E-state index contributed by atoms with van der Waals surface area (Å²) < 4.78 is 29.9. The first-order valence-corrected chi connectivity index (χ1v) is 13.1. The van der Waals surface area contributed by atoms with Crippen LogP contribution in [0.15, 0.2) is 0 Å². The maximum Gasteiger partial charge on any atom is 0.347 e. The summed E-state index contributed by atoms with van der Waals surface area (Å²) in [7, 11) is 0. The molecule has 0 unspecified atom stereocenters. The number of hydrogen-bond donors (Lipinski definition) is 0. The smallest absolute Gasteiger partial charge is 0.347 e. The molecule has 0 aliphatic carbocycles. The predicted molar refractivity (Wildman–Crippen MR) is 132 cm³/mol. The van der Waals surface area contributed by atoms with Crippen LogP contribution in [0.25, 0.3) is 0 Å². The fourth-order valence-electron chi connectivity index (χ4n) is 2.65. The number of carbonyl (C=O) groups is 6. The van der Waals surface area contributed by atoms with Gasteiger partial charge in [0.2, 0.25) is 0 Å². The Morgan fingerprint density at radius 1 is 0.474 bits per heavy atom. The molecule has 12 nitrogen and oxygen atoms in total. The topological polar surface area (TPSA) is 158 Å². The minimum atomic E-state index is -1.23. The molecule has 0 saturated carbocycles. The second-order valence-electron chi connectivity index (χ2n) is 8.67. The first kappa shape index (κ1) is 34.8. The highest BCUT2D eigenvalue weighted by molar-refractivity contribution is 5.83. The first-order valence-electron chi connectivity index (χ1n) is 13.1. The molecule has 0 bridgehead atoms. The Bertz CT molecular complexity index is 714. The van der Waals surface area contributed by atoms with Gasteiger partial charge in [0.05, 0.1) is 13.2 Å². The third-order valence-corrected chi connectivity index (χ3v) is 5.03. The van der Waals surface area contributed by atoms with Crippen LogP contribution < -0.4 is 0 Å². The van der Waals surface area contributed by atoms with E-state index in [0.29, 0.717) is 12.8 Å². The molecule has 12 heteroatoms. The molecule has 0 N–H and O–H groups in total. The van der Waals surface area contributed by atoms with Gasteiger partial charge < -0.3 is 28.4 Å². The van der Waals surface area contributed by atoms with E-state index in [2.05, 4.69) is 0 Å². The van der Waals surface area contributed by atoms with Gasteiger partial charge >= 0.3 is 35.8 Å². The molecule has 0 spiro atoms. The van der Waals surface area contributed by atoms with E-state index in [4.69, 9.17) is 28.4 Å². The predicted octanol–water partition coefficient (Wildman–Crippen LogP) is 2.96. The fraction of sp³-hybridized carbons (Fsp3) is 0.769. The molecular weight excluding hydrogens is 504 g/mol. The van der Waals surface area contributed by atoms with Gasteiger partial charge in [-0.05, 0) is 53.4 Å². The largest absolute Gasteiger partial charge is 0.463 e. The summed E-state index contributed by atoms with van der Waals surface area (Å²) in [5.41, 5.74) is 0. The van der Waals surface area contributed by atoms with E-state index in [-0.39, 0.29) is 38.9 Å². The molecule has 0 heterocycles. The molecule has 218 valence electrons. The van der Waals surface area contributed by atoms with Gasteiger partial charge in [-0.2, -0.15) is 0 Å². The van der Waals surface area contributed by atoms with Crippen LogP contribution in [0.4, 0.5) is 0 Å². The maximum atomic E-state index is 12.0. The Labute approximate surface area is 224 Å². The van der Waals surface area contributed by atoms with Gasteiger partial charge in [-0.25, -0.2) is 19.2 Å². The molecule has 0 radical (unpaired) electrons. The molecule has 0 aromatic heterocycles. The minimum absolute atomic E-state index is 0.0746. The number of hydrogen-bond acceptors (Lipinski definition) is 12. The zero-order valence-electron chi connectivity index (χ0n) is 23.3. The SMILES string of the molecule is CCCCOC(=O)[C@H](C)OC(=O)[C@H](C)OC(=O)CCCCC(=O)O[C@@H](C)C(=O)O[C@@H](C)C(=O)OCCCC. The molecule has 4 atom stereocenters. The number of rotatable bonds is 19. The van der Waals surface area contributed by atoms with E-state index >= 15 is 0 Å². The fourth-order valence-corrected chi connectivity index (χ4v) is 2.65. The zero-order valence-corrected chi connectivity index (χ0v) is 23.3. The van der Waals surface area contributed by atoms with Crippen molar-refractivity contribution < 1.29 is 57.2 Å². The van der Waals surface area contributed by atoms with Crippen molar-refractivity contribution in [2.24, 2.45) is 0 Å². The normalized spacial score (nSPS) is 13.7. The van der Waals surface area contributed by atoms with Crippen molar-refractivity contribution in [3.63, 3.8) is 0 Å². The van der Waals surface area contributed by atoms with Crippen molar-refractivity contribution in [2.75, 3.05) is 13.2 Å². The second-order valence-corrected chi connectivity index (χ2v) is 8.67. The highest BCUT2D eigenvalue weighted by Crippen LogP contribution is 2.09. The van der Waals surface area contributed by atoms with E-state index in [1.165, 1.54) is 27.7 Å². The van der Waals surface area contributed by atoms with Gasteiger partial charge in [-0.1, -0.05) is 26.7 Å². The van der Waals surface area contributed by atoms with Gasteiger partial charge in [0, 0.05) is 12.8 Å². The van der Waals surface area contributed by atoms with Crippen LogP contribution in [0, 0.1) is 0 Å². The molecule has 0 aliphatic rings. The number of ether oxygens (including phenoxy) is 6. The van der Waals surface area contributed by atoms with Gasteiger partial charge in [0.15, 0.2) is 24.4 Å². The molecule has 38 heavy (non-hydrogen) atoms. The third-order valence-electron chi connectivity index (χ3n) is 5.03. The number of esters is 6. The van der Waals surface area contributed by atoms with Gasteiger partial charge in [0.1, 0.15) is 0 Å². The summed E-state index contributed by atoms with van der Waals surface area (Å²) in [6, 6.07) is 0. The second kappa shape index (κ2) is 19.9. The first-order chi connectivity index (χ1) is 17.9. The Kier molecular flexibility index (Phi) is 18.2. The third kappa shape index (κ3) is 15.8. The average Bonchev–Trinajstić information content (AvgIpc) is 2.86. The quantitative estimate of drug-likeness (QED) is 0.133. The van der Waals surface area contributed by atoms with E-state index in [1.54, 1.807) is 0 Å². The highest BCUT2D eigenvalue weighted by atomic mass is 16.6. The molecule has 0 saturated heterocycles. The molecular formula is C26H42O12. The zero-order chi connectivity index (χ0) is 29.1. The maximum absolute atomic E-state index is 12.0. The average molecular weight is 547 g/mol. The van der Waals surface area contributed by atoms with Crippen LogP contribution in [-0.2, 0) is 57.2 Å².